The van der Waals surface area contributed by atoms with Gasteiger partial charge in [-0.1, -0.05) is 20.8 Å². The molecule has 1 aromatic rings. The van der Waals surface area contributed by atoms with Gasteiger partial charge in [0.05, 0.1) is 5.69 Å². The zero-order chi connectivity index (χ0) is 16.5. The van der Waals surface area contributed by atoms with Gasteiger partial charge in [-0.2, -0.15) is 11.8 Å². The van der Waals surface area contributed by atoms with Crippen LogP contribution in [0.5, 0.6) is 0 Å². The lowest BCUT2D eigenvalue weighted by atomic mass is 9.95. The summed E-state index contributed by atoms with van der Waals surface area (Å²) in [6.07, 6.45) is 3.09. The van der Waals surface area contributed by atoms with Gasteiger partial charge in [-0.05, 0) is 31.3 Å². The van der Waals surface area contributed by atoms with E-state index < -0.39 is 0 Å². The summed E-state index contributed by atoms with van der Waals surface area (Å²) in [5, 5.41) is 0. The largest absolute Gasteiger partial charge is 0.338 e. The normalized spacial score (nSPS) is 18.8. The Morgan fingerprint density at radius 3 is 2.68 bits per heavy atom. The van der Waals surface area contributed by atoms with Crippen molar-refractivity contribution < 1.29 is 4.79 Å². The quantitative estimate of drug-likeness (QED) is 0.926. The molecule has 122 valence electrons. The zero-order valence-corrected chi connectivity index (χ0v) is 14.8. The Morgan fingerprint density at radius 2 is 2.14 bits per heavy atom. The van der Waals surface area contributed by atoms with E-state index in [4.69, 9.17) is 0 Å². The zero-order valence-electron chi connectivity index (χ0n) is 14.0. The number of likely N-dealkylation sites (tertiary alicyclic amines) is 1. The first kappa shape index (κ1) is 17.1. The maximum Gasteiger partial charge on any atom is 0.264 e. The maximum absolute atomic E-state index is 12.7. The first-order chi connectivity index (χ1) is 10.2. The summed E-state index contributed by atoms with van der Waals surface area (Å²) >= 11 is 1.80. The van der Waals surface area contributed by atoms with Gasteiger partial charge in [-0.3, -0.25) is 9.59 Å². The third-order valence-electron chi connectivity index (χ3n) is 4.00. The van der Waals surface area contributed by atoms with E-state index >= 15 is 0 Å². The second kappa shape index (κ2) is 6.44. The van der Waals surface area contributed by atoms with Gasteiger partial charge in [0, 0.05) is 18.5 Å². The Morgan fingerprint density at radius 1 is 1.45 bits per heavy atom. The molecule has 1 atom stereocenters. The molecule has 0 unspecified atom stereocenters. The summed E-state index contributed by atoms with van der Waals surface area (Å²) in [6.45, 7) is 9.16. The number of hydrogen-bond donors (Lipinski definition) is 1. The third kappa shape index (κ3) is 3.54. The van der Waals surface area contributed by atoms with Gasteiger partial charge in [0.25, 0.3) is 11.5 Å². The molecule has 1 saturated heterocycles. The van der Waals surface area contributed by atoms with Crippen molar-refractivity contribution in [2.45, 2.75) is 39.5 Å². The SMILES string of the molecule is CSC[C@@H]1CCN(C(=O)c2c(C)nc(C(C)(C)C)[nH]c2=O)C1. The fourth-order valence-corrected chi connectivity index (χ4v) is 3.48. The maximum atomic E-state index is 12.7. The molecule has 0 radical (unpaired) electrons. The predicted octanol–water partition coefficient (Wildman–Crippen LogP) is 2.20. The Labute approximate surface area is 135 Å². The van der Waals surface area contributed by atoms with Crippen molar-refractivity contribution in [3.8, 4) is 0 Å². The van der Waals surface area contributed by atoms with E-state index in [0.29, 0.717) is 17.4 Å². The first-order valence-electron chi connectivity index (χ1n) is 7.63. The van der Waals surface area contributed by atoms with Gasteiger partial charge < -0.3 is 9.88 Å². The van der Waals surface area contributed by atoms with Crippen molar-refractivity contribution in [3.05, 3.63) is 27.4 Å². The lowest BCUT2D eigenvalue weighted by molar-refractivity contribution is 0.0785. The van der Waals surface area contributed by atoms with E-state index in [1.54, 1.807) is 23.6 Å². The average Bonchev–Trinajstić information content (AvgIpc) is 2.85. The molecule has 1 amide bonds. The van der Waals surface area contributed by atoms with Gasteiger partial charge in [0.15, 0.2) is 0 Å². The molecule has 1 aliphatic heterocycles. The average molecular weight is 323 g/mol. The van der Waals surface area contributed by atoms with Gasteiger partial charge >= 0.3 is 0 Å². The Bertz CT molecular complexity index is 619. The van der Waals surface area contributed by atoms with Gasteiger partial charge in [-0.15, -0.1) is 0 Å². The molecule has 1 fully saturated rings. The fraction of sp³-hybridized carbons (Fsp3) is 0.688. The number of amides is 1. The van der Waals surface area contributed by atoms with Crippen LogP contribution in [0.4, 0.5) is 0 Å². The number of carbonyl (C=O) groups excluding carboxylic acids is 1. The lowest BCUT2D eigenvalue weighted by Gasteiger charge is -2.20. The number of hydrogen-bond acceptors (Lipinski definition) is 4. The lowest BCUT2D eigenvalue weighted by Crippen LogP contribution is -2.36. The van der Waals surface area contributed by atoms with E-state index in [2.05, 4.69) is 16.2 Å². The minimum Gasteiger partial charge on any atom is -0.338 e. The van der Waals surface area contributed by atoms with Crippen LogP contribution < -0.4 is 5.56 Å². The second-order valence-electron chi connectivity index (χ2n) is 6.99. The summed E-state index contributed by atoms with van der Waals surface area (Å²) in [5.74, 6) is 2.02. The van der Waals surface area contributed by atoms with Crippen LogP contribution in [0.25, 0.3) is 0 Å². The van der Waals surface area contributed by atoms with E-state index in [1.807, 2.05) is 20.8 Å². The highest BCUT2D eigenvalue weighted by atomic mass is 32.2. The molecule has 5 nitrogen and oxygen atoms in total. The molecule has 1 N–H and O–H groups in total. The number of aryl methyl sites for hydroxylation is 1. The minimum absolute atomic E-state index is 0.185. The van der Waals surface area contributed by atoms with E-state index in [-0.39, 0.29) is 22.4 Å². The summed E-state index contributed by atoms with van der Waals surface area (Å²) in [7, 11) is 0. The highest BCUT2D eigenvalue weighted by molar-refractivity contribution is 7.98. The molecule has 2 rings (SSSR count). The standard InChI is InChI=1S/C16H25N3O2S/c1-10-12(13(20)18-15(17-10)16(2,3)4)14(21)19-7-6-11(8-19)9-22-5/h11H,6-9H2,1-5H3,(H,17,18,20)/t11-/m1/s1. The highest BCUT2D eigenvalue weighted by Crippen LogP contribution is 2.22. The molecule has 22 heavy (non-hydrogen) atoms. The number of nitrogens with zero attached hydrogens (tertiary/aromatic N) is 2. The minimum atomic E-state index is -0.323. The van der Waals surface area contributed by atoms with Gasteiger partial charge in [0.1, 0.15) is 11.4 Å². The van der Waals surface area contributed by atoms with Crippen molar-refractivity contribution >= 4 is 17.7 Å². The van der Waals surface area contributed by atoms with Crippen molar-refractivity contribution in [1.29, 1.82) is 0 Å². The Kier molecular flexibility index (Phi) is 5.00. The van der Waals surface area contributed by atoms with Crippen LogP contribution in [0.2, 0.25) is 0 Å². The van der Waals surface area contributed by atoms with Crippen molar-refractivity contribution in [1.82, 2.24) is 14.9 Å². The molecule has 1 aromatic heterocycles. The van der Waals surface area contributed by atoms with Crippen molar-refractivity contribution in [2.75, 3.05) is 25.1 Å². The molecule has 6 heteroatoms. The van der Waals surface area contributed by atoms with E-state index in [0.717, 1.165) is 25.3 Å². The molecule has 0 saturated carbocycles. The van der Waals surface area contributed by atoms with E-state index in [1.165, 1.54) is 0 Å². The van der Waals surface area contributed by atoms with E-state index in [9.17, 15) is 9.59 Å². The molecule has 2 heterocycles. The number of aromatic nitrogens is 2. The topological polar surface area (TPSA) is 66.1 Å². The highest BCUT2D eigenvalue weighted by Gasteiger charge is 2.30. The number of rotatable bonds is 3. The van der Waals surface area contributed by atoms with Crippen LogP contribution in [-0.4, -0.2) is 45.9 Å². The summed E-state index contributed by atoms with van der Waals surface area (Å²) < 4.78 is 0. The molecule has 0 bridgehead atoms. The second-order valence-corrected chi connectivity index (χ2v) is 7.90. The van der Waals surface area contributed by atoms with Crippen LogP contribution in [-0.2, 0) is 5.41 Å². The first-order valence-corrected chi connectivity index (χ1v) is 9.03. The van der Waals surface area contributed by atoms with Crippen LogP contribution >= 0.6 is 11.8 Å². The number of H-pyrrole nitrogens is 1. The fourth-order valence-electron chi connectivity index (χ4n) is 2.74. The van der Waals surface area contributed by atoms with Crippen molar-refractivity contribution in [3.63, 3.8) is 0 Å². The van der Waals surface area contributed by atoms with Crippen LogP contribution in [0.1, 0.15) is 49.1 Å². The third-order valence-corrected chi connectivity index (χ3v) is 4.80. The van der Waals surface area contributed by atoms with Gasteiger partial charge in [-0.25, -0.2) is 4.98 Å². The molecular formula is C16H25N3O2S. The molecular weight excluding hydrogens is 298 g/mol. The smallest absolute Gasteiger partial charge is 0.264 e. The molecule has 0 aromatic carbocycles. The number of thioether (sulfide) groups is 1. The van der Waals surface area contributed by atoms with Gasteiger partial charge in [0.2, 0.25) is 0 Å². The number of nitrogens with one attached hydrogen (secondary N) is 1. The molecule has 1 aliphatic rings. The van der Waals surface area contributed by atoms with Crippen molar-refractivity contribution in [2.24, 2.45) is 5.92 Å². The molecule has 0 aliphatic carbocycles. The van der Waals surface area contributed by atoms with Crippen LogP contribution in [0.15, 0.2) is 4.79 Å². The summed E-state index contributed by atoms with van der Waals surface area (Å²) in [6, 6.07) is 0. The Balaban J connectivity index is 2.26. The number of aromatic amines is 1. The Hall–Kier alpha value is -1.30. The summed E-state index contributed by atoms with van der Waals surface area (Å²) in [4.78, 5) is 34.0. The molecule has 0 spiro atoms. The summed E-state index contributed by atoms with van der Waals surface area (Å²) in [5.41, 5.74) is 0.142. The van der Waals surface area contributed by atoms with Crippen LogP contribution in [0.3, 0.4) is 0 Å². The van der Waals surface area contributed by atoms with Crippen LogP contribution in [0, 0.1) is 12.8 Å². The monoisotopic (exact) mass is 323 g/mol. The number of carbonyl (C=O) groups is 1. The predicted molar refractivity (Wildman–Crippen MR) is 90.7 cm³/mol.